The Balaban J connectivity index is 1.47. The van der Waals surface area contributed by atoms with Crippen LogP contribution in [0.4, 0.5) is 4.79 Å². The summed E-state index contributed by atoms with van der Waals surface area (Å²) in [7, 11) is 0. The molecule has 1 aliphatic heterocycles. The third-order valence-corrected chi connectivity index (χ3v) is 6.03. The van der Waals surface area contributed by atoms with Gasteiger partial charge in [0.15, 0.2) is 0 Å². The predicted octanol–water partition coefficient (Wildman–Crippen LogP) is 3.87. The Morgan fingerprint density at radius 2 is 1.88 bits per heavy atom. The van der Waals surface area contributed by atoms with Crippen molar-refractivity contribution >= 4 is 34.7 Å². The van der Waals surface area contributed by atoms with Gasteiger partial charge in [-0.3, -0.25) is 19.9 Å². The third kappa shape index (κ3) is 5.09. The third-order valence-electron chi connectivity index (χ3n) is 4.03. The smallest absolute Gasteiger partial charge is 0.286 e. The number of carbonyl (C=O) groups is 2. The Morgan fingerprint density at radius 1 is 1.12 bits per heavy atom. The van der Waals surface area contributed by atoms with Gasteiger partial charge in [-0.2, -0.15) is 0 Å². The highest BCUT2D eigenvalue weighted by Crippen LogP contribution is 2.25. The van der Waals surface area contributed by atoms with Gasteiger partial charge in [0.25, 0.3) is 5.24 Å². The molecule has 0 spiro atoms. The Kier molecular flexibility index (Phi) is 6.15. The topological polar surface area (TPSA) is 59.1 Å². The van der Waals surface area contributed by atoms with E-state index in [1.54, 1.807) is 11.8 Å². The summed E-state index contributed by atoms with van der Waals surface area (Å²) in [6.07, 6.45) is 4.50. The molecule has 2 heterocycles. The summed E-state index contributed by atoms with van der Waals surface area (Å²) in [4.78, 5) is 28.5. The van der Waals surface area contributed by atoms with Crippen molar-refractivity contribution in [2.24, 2.45) is 0 Å². The lowest BCUT2D eigenvalue weighted by molar-refractivity contribution is -0.118. The van der Waals surface area contributed by atoms with Crippen molar-refractivity contribution in [2.45, 2.75) is 36.3 Å². The minimum absolute atomic E-state index is 0.185. The molecule has 1 saturated heterocycles. The van der Waals surface area contributed by atoms with E-state index in [0.717, 1.165) is 41.6 Å². The molecule has 1 atom stereocenters. The first-order valence-electron chi connectivity index (χ1n) is 8.31. The van der Waals surface area contributed by atoms with Gasteiger partial charge in [0.05, 0.1) is 5.25 Å². The molecule has 3 rings (SSSR count). The summed E-state index contributed by atoms with van der Waals surface area (Å²) in [5.41, 5.74) is 3.46. The number of imide groups is 1. The predicted molar refractivity (Wildman–Crippen MR) is 103 cm³/mol. The normalized spacial score (nSPS) is 16.9. The van der Waals surface area contributed by atoms with Crippen molar-refractivity contribution in [3.05, 3.63) is 59.4 Å². The monoisotopic (exact) mass is 372 g/mol. The maximum Gasteiger partial charge on any atom is 0.286 e. The van der Waals surface area contributed by atoms with Gasteiger partial charge in [0, 0.05) is 22.5 Å². The molecule has 0 aliphatic carbocycles. The number of thioether (sulfide) groups is 2. The molecule has 0 saturated carbocycles. The van der Waals surface area contributed by atoms with Gasteiger partial charge in [-0.1, -0.05) is 36.9 Å². The number of hydrogen-bond donors (Lipinski definition) is 1. The number of carbonyl (C=O) groups excluding carboxylic acids is 2. The van der Waals surface area contributed by atoms with E-state index < -0.39 is 0 Å². The van der Waals surface area contributed by atoms with Crippen molar-refractivity contribution in [2.75, 3.05) is 5.75 Å². The Hall–Kier alpha value is -1.79. The van der Waals surface area contributed by atoms with Crippen molar-refractivity contribution in [3.63, 3.8) is 0 Å². The van der Waals surface area contributed by atoms with E-state index in [9.17, 15) is 9.59 Å². The standard InChI is InChI=1S/C19H20N2O2S2/c1-2-13-3-6-15(20-12-13)9-10-24-16-7-4-14(5-8-16)11-17-18(22)21-19(23)25-17/h3-8,12,17H,2,9-11H2,1H3,(H,21,22,23). The summed E-state index contributed by atoms with van der Waals surface area (Å²) in [5, 5.41) is 1.77. The fourth-order valence-corrected chi connectivity index (χ4v) is 4.28. The number of benzene rings is 1. The first-order valence-corrected chi connectivity index (χ1v) is 10.2. The van der Waals surface area contributed by atoms with Gasteiger partial charge in [0.2, 0.25) is 5.91 Å². The van der Waals surface area contributed by atoms with Gasteiger partial charge in [0.1, 0.15) is 0 Å². The Bertz CT molecular complexity index is 745. The van der Waals surface area contributed by atoms with E-state index in [1.807, 2.05) is 18.3 Å². The second-order valence-electron chi connectivity index (χ2n) is 5.84. The number of amides is 2. The zero-order chi connectivity index (χ0) is 17.6. The minimum Gasteiger partial charge on any atom is -0.286 e. The van der Waals surface area contributed by atoms with Crippen LogP contribution in [-0.2, 0) is 24.1 Å². The average Bonchev–Trinajstić information content (AvgIpc) is 2.94. The molecule has 1 aliphatic rings. The summed E-state index contributed by atoms with van der Waals surface area (Å²) in [5.74, 6) is 0.794. The number of rotatable bonds is 7. The molecule has 1 N–H and O–H groups in total. The van der Waals surface area contributed by atoms with Gasteiger partial charge in [-0.15, -0.1) is 11.8 Å². The number of pyridine rings is 1. The number of nitrogens with one attached hydrogen (secondary N) is 1. The van der Waals surface area contributed by atoms with Gasteiger partial charge >= 0.3 is 0 Å². The molecule has 4 nitrogen and oxygen atoms in total. The number of aromatic nitrogens is 1. The van der Waals surface area contributed by atoms with Crippen molar-refractivity contribution in [1.29, 1.82) is 0 Å². The molecular formula is C19H20N2O2S2. The van der Waals surface area contributed by atoms with E-state index in [1.165, 1.54) is 10.5 Å². The highest BCUT2D eigenvalue weighted by molar-refractivity contribution is 8.15. The molecule has 2 aromatic rings. The fraction of sp³-hybridized carbons (Fsp3) is 0.316. The summed E-state index contributed by atoms with van der Waals surface area (Å²) in [6.45, 7) is 2.13. The van der Waals surface area contributed by atoms with Crippen LogP contribution in [0.2, 0.25) is 0 Å². The average molecular weight is 373 g/mol. The number of nitrogens with zero attached hydrogens (tertiary/aromatic N) is 1. The number of hydrogen-bond acceptors (Lipinski definition) is 5. The van der Waals surface area contributed by atoms with Crippen LogP contribution < -0.4 is 5.32 Å². The van der Waals surface area contributed by atoms with Gasteiger partial charge in [-0.25, -0.2) is 0 Å². The molecule has 1 aromatic carbocycles. The largest absolute Gasteiger partial charge is 0.286 e. The lowest BCUT2D eigenvalue weighted by Crippen LogP contribution is -2.25. The zero-order valence-corrected chi connectivity index (χ0v) is 15.7. The molecule has 0 bridgehead atoms. The molecular weight excluding hydrogens is 352 g/mol. The highest BCUT2D eigenvalue weighted by atomic mass is 32.2. The second kappa shape index (κ2) is 8.54. The SMILES string of the molecule is CCc1ccc(CCSc2ccc(CC3SC(=O)NC3=O)cc2)nc1. The molecule has 2 amide bonds. The van der Waals surface area contributed by atoms with Crippen LogP contribution in [0.25, 0.3) is 0 Å². The van der Waals surface area contributed by atoms with Crippen molar-refractivity contribution in [3.8, 4) is 0 Å². The van der Waals surface area contributed by atoms with Crippen LogP contribution in [0.15, 0.2) is 47.5 Å². The molecule has 25 heavy (non-hydrogen) atoms. The van der Waals surface area contributed by atoms with E-state index in [-0.39, 0.29) is 16.4 Å². The molecule has 130 valence electrons. The summed E-state index contributed by atoms with van der Waals surface area (Å²) >= 11 is 2.87. The van der Waals surface area contributed by atoms with Crippen LogP contribution in [0.1, 0.15) is 23.7 Å². The molecule has 6 heteroatoms. The number of aryl methyl sites for hydroxylation is 2. The van der Waals surface area contributed by atoms with E-state index >= 15 is 0 Å². The Morgan fingerprint density at radius 3 is 2.48 bits per heavy atom. The van der Waals surface area contributed by atoms with E-state index in [2.05, 4.69) is 41.5 Å². The molecule has 1 fully saturated rings. The maximum atomic E-state index is 11.6. The summed E-state index contributed by atoms with van der Waals surface area (Å²) < 4.78 is 0. The summed E-state index contributed by atoms with van der Waals surface area (Å²) in [6, 6.07) is 12.5. The molecule has 1 aromatic heterocycles. The van der Waals surface area contributed by atoms with E-state index in [4.69, 9.17) is 0 Å². The lowest BCUT2D eigenvalue weighted by atomic mass is 10.1. The van der Waals surface area contributed by atoms with Crippen molar-refractivity contribution < 1.29 is 9.59 Å². The molecule has 1 unspecified atom stereocenters. The van der Waals surface area contributed by atoms with E-state index in [0.29, 0.717) is 6.42 Å². The van der Waals surface area contributed by atoms with Crippen LogP contribution in [0.3, 0.4) is 0 Å². The zero-order valence-electron chi connectivity index (χ0n) is 14.0. The van der Waals surface area contributed by atoms with Crippen LogP contribution >= 0.6 is 23.5 Å². The van der Waals surface area contributed by atoms with Gasteiger partial charge in [-0.05, 0) is 48.6 Å². The maximum absolute atomic E-state index is 11.6. The quantitative estimate of drug-likeness (QED) is 0.748. The van der Waals surface area contributed by atoms with Crippen LogP contribution in [-0.4, -0.2) is 27.1 Å². The fourth-order valence-electron chi connectivity index (χ4n) is 2.55. The van der Waals surface area contributed by atoms with Crippen LogP contribution in [0.5, 0.6) is 0 Å². The molecule has 0 radical (unpaired) electrons. The van der Waals surface area contributed by atoms with Gasteiger partial charge < -0.3 is 0 Å². The first-order chi connectivity index (χ1) is 12.1. The van der Waals surface area contributed by atoms with Crippen molar-refractivity contribution in [1.82, 2.24) is 10.3 Å². The highest BCUT2D eigenvalue weighted by Gasteiger charge is 2.31. The minimum atomic E-state index is -0.303. The van der Waals surface area contributed by atoms with Crippen LogP contribution in [0, 0.1) is 0 Å². The Labute approximate surface area is 156 Å². The second-order valence-corrected chi connectivity index (χ2v) is 8.18. The lowest BCUT2D eigenvalue weighted by Gasteiger charge is -2.07. The first kappa shape index (κ1) is 18.0.